The lowest BCUT2D eigenvalue weighted by atomic mass is 9.77. The second kappa shape index (κ2) is 15.7. The Morgan fingerprint density at radius 2 is 0.908 bits per heavy atom. The maximum absolute atomic E-state index is 2.50. The molecule has 0 spiro atoms. The smallest absolute Gasteiger partial charge is 0.0541 e. The van der Waals surface area contributed by atoms with Crippen LogP contribution in [0.15, 0.2) is 218 Å². The molecule has 9 aromatic carbocycles. The van der Waals surface area contributed by atoms with Crippen molar-refractivity contribution in [3.05, 3.63) is 246 Å². The summed E-state index contributed by atoms with van der Waals surface area (Å²) in [7, 11) is 0. The van der Waals surface area contributed by atoms with Gasteiger partial charge in [0.25, 0.3) is 0 Å². The molecule has 2 nitrogen and oxygen atoms in total. The van der Waals surface area contributed by atoms with E-state index in [4.69, 9.17) is 0 Å². The highest BCUT2D eigenvalue weighted by atomic mass is 15.0. The van der Waals surface area contributed by atoms with Gasteiger partial charge in [0, 0.05) is 33.5 Å². The second-order valence-electron chi connectivity index (χ2n) is 17.8. The minimum absolute atomic E-state index is 0.308. The van der Waals surface area contributed by atoms with Crippen molar-refractivity contribution < 1.29 is 0 Å². The highest BCUT2D eigenvalue weighted by Gasteiger charge is 2.30. The number of allylic oxidation sites excluding steroid dienone is 1. The fraction of sp³-hybridized carbons (Fsp3) is 0.0794. The van der Waals surface area contributed by atoms with Crippen molar-refractivity contribution in [2.24, 2.45) is 0 Å². The minimum Gasteiger partial charge on any atom is -0.310 e. The first-order valence-corrected chi connectivity index (χ1v) is 22.9. The quantitative estimate of drug-likeness (QED) is 0.151. The van der Waals surface area contributed by atoms with Gasteiger partial charge in [0.1, 0.15) is 0 Å². The van der Waals surface area contributed by atoms with E-state index in [1.807, 2.05) is 0 Å². The first-order valence-electron chi connectivity index (χ1n) is 22.9. The topological polar surface area (TPSA) is 9.86 Å². The fourth-order valence-corrected chi connectivity index (χ4v) is 10.9. The van der Waals surface area contributed by atoms with Crippen molar-refractivity contribution >= 4 is 38.8 Å². The Morgan fingerprint density at radius 3 is 1.57 bits per heavy atom. The van der Waals surface area contributed by atoms with E-state index in [2.05, 4.69) is 254 Å². The predicted molar refractivity (Wildman–Crippen MR) is 275 cm³/mol. The molecule has 2 atom stereocenters. The molecule has 2 heterocycles. The number of aryl methyl sites for hydroxylation is 2. The van der Waals surface area contributed by atoms with Crippen LogP contribution in [0.3, 0.4) is 0 Å². The average molecular weight is 833 g/mol. The Bertz CT molecular complexity index is 3640. The van der Waals surface area contributed by atoms with Crippen LogP contribution in [-0.4, -0.2) is 9.13 Å². The third-order valence-electron chi connectivity index (χ3n) is 14.1. The summed E-state index contributed by atoms with van der Waals surface area (Å²) < 4.78 is 4.94. The van der Waals surface area contributed by atoms with Crippen LogP contribution in [0.5, 0.6) is 0 Å². The molecule has 2 unspecified atom stereocenters. The number of fused-ring (bicyclic) bond motifs is 6. The van der Waals surface area contributed by atoms with Crippen molar-refractivity contribution in [3.8, 4) is 55.9 Å². The Kier molecular flexibility index (Phi) is 9.35. The van der Waals surface area contributed by atoms with Gasteiger partial charge in [-0.2, -0.15) is 0 Å². The van der Waals surface area contributed by atoms with E-state index < -0.39 is 0 Å². The minimum atomic E-state index is 0.308. The number of hydrogen-bond donors (Lipinski definition) is 0. The summed E-state index contributed by atoms with van der Waals surface area (Å²) in [6.07, 6.45) is 4.82. The third-order valence-corrected chi connectivity index (χ3v) is 14.1. The van der Waals surface area contributed by atoms with Gasteiger partial charge in [-0.1, -0.05) is 177 Å². The normalized spacial score (nSPS) is 14.6. The van der Waals surface area contributed by atoms with Crippen molar-refractivity contribution in [3.63, 3.8) is 0 Å². The summed E-state index contributed by atoms with van der Waals surface area (Å²) in [4.78, 5) is 0. The van der Waals surface area contributed by atoms with Gasteiger partial charge in [-0.25, -0.2) is 0 Å². The van der Waals surface area contributed by atoms with E-state index in [9.17, 15) is 0 Å². The van der Waals surface area contributed by atoms with Crippen LogP contribution in [0.2, 0.25) is 0 Å². The zero-order valence-electron chi connectivity index (χ0n) is 36.9. The highest BCUT2D eigenvalue weighted by Crippen LogP contribution is 2.48. The maximum Gasteiger partial charge on any atom is 0.0541 e. The summed E-state index contributed by atoms with van der Waals surface area (Å²) in [5.41, 5.74) is 22.3. The molecule has 2 aromatic heterocycles. The van der Waals surface area contributed by atoms with E-state index in [1.54, 1.807) is 0 Å². The van der Waals surface area contributed by atoms with Gasteiger partial charge < -0.3 is 9.13 Å². The van der Waals surface area contributed by atoms with Crippen molar-refractivity contribution in [1.29, 1.82) is 0 Å². The Labute approximate surface area is 381 Å². The number of hydrogen-bond acceptors (Lipinski definition) is 0. The average Bonchev–Trinajstić information content (AvgIpc) is 3.88. The van der Waals surface area contributed by atoms with Gasteiger partial charge in [0.15, 0.2) is 0 Å². The van der Waals surface area contributed by atoms with Crippen LogP contribution in [0.25, 0.3) is 94.7 Å². The molecule has 0 aliphatic heterocycles. The number of benzene rings is 9. The SMILES string of the molecule is Cc1ccccc1-c1ccc2c(c1)c1ccccc1n2-c1ccc(-c2ccc(-n3c4c(c5ccccc53)C(C)C(c3ccccc3C)C=C4)cc2-c2ccccc2)c(-c2ccccc2)c1. The molecule has 11 aromatic rings. The number of rotatable bonds is 7. The predicted octanol–water partition coefficient (Wildman–Crippen LogP) is 16.9. The summed E-state index contributed by atoms with van der Waals surface area (Å²) >= 11 is 0. The molecule has 0 N–H and O–H groups in total. The number of para-hydroxylation sites is 2. The molecule has 2 heteroatoms. The van der Waals surface area contributed by atoms with Gasteiger partial charge in [-0.15, -0.1) is 0 Å². The van der Waals surface area contributed by atoms with Gasteiger partial charge in [-0.05, 0) is 141 Å². The molecule has 65 heavy (non-hydrogen) atoms. The van der Waals surface area contributed by atoms with Crippen LogP contribution in [-0.2, 0) is 0 Å². The molecular weight excluding hydrogens is 785 g/mol. The molecule has 310 valence electrons. The van der Waals surface area contributed by atoms with Crippen molar-refractivity contribution in [2.45, 2.75) is 32.6 Å². The molecule has 0 bridgehead atoms. The largest absolute Gasteiger partial charge is 0.310 e. The molecule has 1 aliphatic rings. The number of nitrogens with zero attached hydrogens (tertiary/aromatic N) is 2. The third kappa shape index (κ3) is 6.39. The number of aromatic nitrogens is 2. The van der Waals surface area contributed by atoms with Crippen LogP contribution in [0.4, 0.5) is 0 Å². The van der Waals surface area contributed by atoms with Gasteiger partial charge in [-0.3, -0.25) is 0 Å². The van der Waals surface area contributed by atoms with Crippen LogP contribution in [0, 0.1) is 13.8 Å². The molecule has 0 radical (unpaired) electrons. The lowest BCUT2D eigenvalue weighted by Crippen LogP contribution is -2.13. The summed E-state index contributed by atoms with van der Waals surface area (Å²) in [5.74, 6) is 0.620. The van der Waals surface area contributed by atoms with Crippen molar-refractivity contribution in [2.75, 3.05) is 0 Å². The lowest BCUT2D eigenvalue weighted by Gasteiger charge is -2.28. The van der Waals surface area contributed by atoms with Gasteiger partial charge >= 0.3 is 0 Å². The van der Waals surface area contributed by atoms with E-state index in [1.165, 1.54) is 105 Å². The summed E-state index contributed by atoms with van der Waals surface area (Å²) in [6, 6.07) is 78.3. The van der Waals surface area contributed by atoms with E-state index in [-0.39, 0.29) is 0 Å². The van der Waals surface area contributed by atoms with E-state index in [0.717, 1.165) is 11.4 Å². The maximum atomic E-state index is 2.50. The molecule has 1 aliphatic carbocycles. The molecule has 0 saturated heterocycles. The van der Waals surface area contributed by atoms with E-state index in [0.29, 0.717) is 11.8 Å². The zero-order valence-corrected chi connectivity index (χ0v) is 36.9. The summed E-state index contributed by atoms with van der Waals surface area (Å²) in [6.45, 7) is 6.84. The van der Waals surface area contributed by atoms with Crippen LogP contribution in [0.1, 0.15) is 46.7 Å². The Hall–Kier alpha value is -7.94. The Balaban J connectivity index is 1.05. The van der Waals surface area contributed by atoms with Crippen LogP contribution >= 0.6 is 0 Å². The first kappa shape index (κ1) is 38.7. The molecule has 0 amide bonds. The van der Waals surface area contributed by atoms with Crippen LogP contribution < -0.4 is 0 Å². The molecule has 0 saturated carbocycles. The molecular formula is C63H48N2. The summed E-state index contributed by atoms with van der Waals surface area (Å²) in [5, 5.41) is 3.82. The second-order valence-corrected chi connectivity index (χ2v) is 17.8. The van der Waals surface area contributed by atoms with Gasteiger partial charge in [0.2, 0.25) is 0 Å². The van der Waals surface area contributed by atoms with Gasteiger partial charge in [0.05, 0.1) is 22.2 Å². The standard InChI is InChI=1S/C63H48N2/c1-41-18-10-12-24-49(41)46-30-36-61-58(38-46)54-26-14-16-28-59(54)64(61)47-31-33-52(56(39-47)44-20-6-4-7-21-44)53-34-32-48(40-57(53)45-22-8-5-9-23-45)65-60-29-17-15-27-55(60)63-43(3)51(35-37-62(63)65)50-25-13-11-19-42(50)2/h4-40,43,51H,1-3H3. The fourth-order valence-electron chi connectivity index (χ4n) is 10.9. The molecule has 12 rings (SSSR count). The monoisotopic (exact) mass is 832 g/mol. The lowest BCUT2D eigenvalue weighted by molar-refractivity contribution is 0.668. The Morgan fingerprint density at radius 1 is 0.369 bits per heavy atom. The highest BCUT2D eigenvalue weighted by molar-refractivity contribution is 6.11. The first-order chi connectivity index (χ1) is 32.0. The zero-order chi connectivity index (χ0) is 43.6. The van der Waals surface area contributed by atoms with Crippen molar-refractivity contribution in [1.82, 2.24) is 9.13 Å². The van der Waals surface area contributed by atoms with E-state index >= 15 is 0 Å². The molecule has 0 fully saturated rings.